The van der Waals surface area contributed by atoms with Crippen molar-refractivity contribution in [2.75, 3.05) is 12.4 Å². The number of methoxy groups -OCH3 is 1. The SMILES string of the molecule is COC(=O)c1cc(C(=O)Nc2cccc(F)c2F)cc([N+](=O)[O-])c1. The van der Waals surface area contributed by atoms with Crippen LogP contribution >= 0.6 is 0 Å². The van der Waals surface area contributed by atoms with E-state index in [1.165, 1.54) is 6.07 Å². The average Bonchev–Trinajstić information content (AvgIpc) is 2.57. The fourth-order valence-electron chi connectivity index (χ4n) is 1.88. The summed E-state index contributed by atoms with van der Waals surface area (Å²) >= 11 is 0. The van der Waals surface area contributed by atoms with Gasteiger partial charge in [0.05, 0.1) is 23.3 Å². The third-order valence-corrected chi connectivity index (χ3v) is 3.01. The molecule has 0 radical (unpaired) electrons. The van der Waals surface area contributed by atoms with E-state index in [1.807, 2.05) is 0 Å². The maximum atomic E-state index is 13.6. The van der Waals surface area contributed by atoms with E-state index in [2.05, 4.69) is 10.1 Å². The Morgan fingerprint density at radius 3 is 2.46 bits per heavy atom. The second-order valence-corrected chi connectivity index (χ2v) is 4.57. The molecular formula is C15H10F2N2O5. The van der Waals surface area contributed by atoms with Crippen LogP contribution in [0.25, 0.3) is 0 Å². The minimum atomic E-state index is -1.27. The molecule has 0 fully saturated rings. The van der Waals surface area contributed by atoms with Crippen molar-refractivity contribution >= 4 is 23.3 Å². The molecule has 24 heavy (non-hydrogen) atoms. The van der Waals surface area contributed by atoms with Gasteiger partial charge in [0.25, 0.3) is 11.6 Å². The summed E-state index contributed by atoms with van der Waals surface area (Å²) in [4.78, 5) is 33.8. The molecule has 0 saturated heterocycles. The zero-order valence-electron chi connectivity index (χ0n) is 12.2. The van der Waals surface area contributed by atoms with E-state index in [9.17, 15) is 28.5 Å². The topological polar surface area (TPSA) is 98.5 Å². The molecule has 1 amide bonds. The molecule has 0 spiro atoms. The predicted octanol–water partition coefficient (Wildman–Crippen LogP) is 2.91. The zero-order chi connectivity index (χ0) is 17.9. The summed E-state index contributed by atoms with van der Waals surface area (Å²) in [6, 6.07) is 6.06. The van der Waals surface area contributed by atoms with Gasteiger partial charge in [-0.05, 0) is 18.2 Å². The number of rotatable bonds is 4. The average molecular weight is 336 g/mol. The van der Waals surface area contributed by atoms with Gasteiger partial charge in [0.2, 0.25) is 0 Å². The summed E-state index contributed by atoms with van der Waals surface area (Å²) in [5.41, 5.74) is -1.47. The van der Waals surface area contributed by atoms with E-state index >= 15 is 0 Å². The normalized spacial score (nSPS) is 10.1. The summed E-state index contributed by atoms with van der Waals surface area (Å²) in [6.07, 6.45) is 0. The third-order valence-electron chi connectivity index (χ3n) is 3.01. The Kier molecular flexibility index (Phi) is 4.83. The van der Waals surface area contributed by atoms with Crippen LogP contribution in [0, 0.1) is 21.7 Å². The number of amides is 1. The highest BCUT2D eigenvalue weighted by molar-refractivity contribution is 6.06. The maximum absolute atomic E-state index is 13.6. The molecule has 2 rings (SSSR count). The lowest BCUT2D eigenvalue weighted by atomic mass is 10.1. The van der Waals surface area contributed by atoms with Crippen LogP contribution in [0.1, 0.15) is 20.7 Å². The number of nitro groups is 1. The van der Waals surface area contributed by atoms with Gasteiger partial charge in [-0.15, -0.1) is 0 Å². The summed E-state index contributed by atoms with van der Waals surface area (Å²) in [5, 5.41) is 13.0. The highest BCUT2D eigenvalue weighted by Crippen LogP contribution is 2.21. The van der Waals surface area contributed by atoms with E-state index in [0.717, 1.165) is 37.4 Å². The Balaban J connectivity index is 2.41. The fourth-order valence-corrected chi connectivity index (χ4v) is 1.88. The van der Waals surface area contributed by atoms with Crippen molar-refractivity contribution in [3.63, 3.8) is 0 Å². The number of hydrogen-bond donors (Lipinski definition) is 1. The van der Waals surface area contributed by atoms with Crippen LogP contribution in [0.5, 0.6) is 0 Å². The molecule has 0 unspecified atom stereocenters. The quantitative estimate of drug-likeness (QED) is 0.526. The summed E-state index contributed by atoms with van der Waals surface area (Å²) in [5.74, 6) is -4.27. The van der Waals surface area contributed by atoms with Gasteiger partial charge in [0.1, 0.15) is 0 Å². The molecule has 9 heteroatoms. The number of non-ortho nitro benzene ring substituents is 1. The number of anilines is 1. The molecule has 0 aliphatic rings. The first-order valence-corrected chi connectivity index (χ1v) is 6.46. The molecule has 0 saturated carbocycles. The molecule has 0 heterocycles. The zero-order valence-corrected chi connectivity index (χ0v) is 12.2. The molecule has 0 bridgehead atoms. The van der Waals surface area contributed by atoms with Crippen molar-refractivity contribution in [3.05, 3.63) is 69.3 Å². The number of carbonyl (C=O) groups excluding carboxylic acids is 2. The number of hydrogen-bond acceptors (Lipinski definition) is 5. The Morgan fingerprint density at radius 1 is 1.17 bits per heavy atom. The first-order chi connectivity index (χ1) is 11.3. The summed E-state index contributed by atoms with van der Waals surface area (Å²) in [7, 11) is 1.07. The molecule has 1 N–H and O–H groups in total. The molecule has 0 atom stereocenters. The Morgan fingerprint density at radius 2 is 1.83 bits per heavy atom. The number of nitrogens with one attached hydrogen (secondary N) is 1. The van der Waals surface area contributed by atoms with Crippen LogP contribution in [0.15, 0.2) is 36.4 Å². The van der Waals surface area contributed by atoms with E-state index in [1.54, 1.807) is 0 Å². The van der Waals surface area contributed by atoms with Crippen molar-refractivity contribution in [2.24, 2.45) is 0 Å². The van der Waals surface area contributed by atoms with Crippen LogP contribution in [0.3, 0.4) is 0 Å². The van der Waals surface area contributed by atoms with Crippen molar-refractivity contribution in [1.29, 1.82) is 0 Å². The van der Waals surface area contributed by atoms with E-state index < -0.39 is 39.8 Å². The number of nitro benzene ring substituents is 1. The van der Waals surface area contributed by atoms with Gasteiger partial charge < -0.3 is 10.1 Å². The van der Waals surface area contributed by atoms with Crippen molar-refractivity contribution in [2.45, 2.75) is 0 Å². The second kappa shape index (κ2) is 6.82. The van der Waals surface area contributed by atoms with Crippen LogP contribution in [-0.2, 0) is 4.74 Å². The number of carbonyl (C=O) groups is 2. The molecule has 0 aliphatic carbocycles. The number of ether oxygens (including phenoxy) is 1. The maximum Gasteiger partial charge on any atom is 0.338 e. The van der Waals surface area contributed by atoms with Gasteiger partial charge in [0, 0.05) is 17.7 Å². The smallest absolute Gasteiger partial charge is 0.338 e. The predicted molar refractivity (Wildman–Crippen MR) is 78.7 cm³/mol. The Bertz CT molecular complexity index is 839. The van der Waals surface area contributed by atoms with Crippen LogP contribution in [-0.4, -0.2) is 23.9 Å². The third kappa shape index (κ3) is 3.51. The van der Waals surface area contributed by atoms with Crippen molar-refractivity contribution < 1.29 is 28.0 Å². The molecule has 0 aromatic heterocycles. The lowest BCUT2D eigenvalue weighted by molar-refractivity contribution is -0.384. The second-order valence-electron chi connectivity index (χ2n) is 4.57. The van der Waals surface area contributed by atoms with E-state index in [-0.39, 0.29) is 11.1 Å². The van der Waals surface area contributed by atoms with Crippen molar-refractivity contribution in [3.8, 4) is 0 Å². The Labute approximate surface area is 134 Å². The van der Waals surface area contributed by atoms with Gasteiger partial charge in [-0.2, -0.15) is 0 Å². The molecule has 0 aliphatic heterocycles. The monoisotopic (exact) mass is 336 g/mol. The molecule has 124 valence electrons. The van der Waals surface area contributed by atoms with Crippen LogP contribution < -0.4 is 5.32 Å². The molecule has 2 aromatic carbocycles. The van der Waals surface area contributed by atoms with Crippen molar-refractivity contribution in [1.82, 2.24) is 0 Å². The molecule has 7 nitrogen and oxygen atoms in total. The molecule has 2 aromatic rings. The van der Waals surface area contributed by atoms with Gasteiger partial charge in [-0.1, -0.05) is 6.07 Å². The van der Waals surface area contributed by atoms with Gasteiger partial charge in [-0.3, -0.25) is 14.9 Å². The number of halogens is 2. The standard InChI is InChI=1S/C15H10F2N2O5/c1-24-15(21)9-5-8(6-10(7-9)19(22)23)14(20)18-12-4-2-3-11(16)13(12)17/h2-7H,1H3,(H,18,20). The lowest BCUT2D eigenvalue weighted by Gasteiger charge is -2.08. The fraction of sp³-hybridized carbons (Fsp3) is 0.0667. The number of nitrogens with zero attached hydrogens (tertiary/aromatic N) is 1. The highest BCUT2D eigenvalue weighted by Gasteiger charge is 2.19. The highest BCUT2D eigenvalue weighted by atomic mass is 19.2. The summed E-state index contributed by atoms with van der Waals surface area (Å²) in [6.45, 7) is 0. The first-order valence-electron chi connectivity index (χ1n) is 6.46. The Hall–Kier alpha value is -3.36. The number of esters is 1. The van der Waals surface area contributed by atoms with Crippen LogP contribution in [0.4, 0.5) is 20.2 Å². The summed E-state index contributed by atoms with van der Waals surface area (Å²) < 4.78 is 31.2. The van der Waals surface area contributed by atoms with Gasteiger partial charge >= 0.3 is 5.97 Å². The number of benzene rings is 2. The van der Waals surface area contributed by atoms with Gasteiger partial charge in [-0.25, -0.2) is 13.6 Å². The minimum Gasteiger partial charge on any atom is -0.465 e. The molecular weight excluding hydrogens is 326 g/mol. The lowest BCUT2D eigenvalue weighted by Crippen LogP contribution is -2.15. The van der Waals surface area contributed by atoms with Gasteiger partial charge in [0.15, 0.2) is 11.6 Å². The largest absolute Gasteiger partial charge is 0.465 e. The minimum absolute atomic E-state index is 0.225. The van der Waals surface area contributed by atoms with E-state index in [0.29, 0.717) is 0 Å². The van der Waals surface area contributed by atoms with E-state index in [4.69, 9.17) is 0 Å². The van der Waals surface area contributed by atoms with Crippen LogP contribution in [0.2, 0.25) is 0 Å². The first kappa shape index (κ1) is 17.0.